The highest BCUT2D eigenvalue weighted by atomic mass is 79.9. The number of ether oxygens (including phenoxy) is 1. The molecule has 2 fully saturated rings. The van der Waals surface area contributed by atoms with Crippen molar-refractivity contribution in [2.75, 3.05) is 25.5 Å². The Balaban J connectivity index is 0.000000179. The highest BCUT2D eigenvalue weighted by Crippen LogP contribution is 2.40. The van der Waals surface area contributed by atoms with Gasteiger partial charge in [-0.3, -0.25) is 19.2 Å². The van der Waals surface area contributed by atoms with E-state index in [1.807, 2.05) is 72.8 Å². The first-order valence-corrected chi connectivity index (χ1v) is 18.7. The zero-order chi connectivity index (χ0) is 36.6. The number of halogens is 1. The van der Waals surface area contributed by atoms with Crippen LogP contribution < -0.4 is 31.0 Å². The number of anilines is 1. The molecule has 1 aromatic heterocycles. The summed E-state index contributed by atoms with van der Waals surface area (Å²) in [6, 6.07) is 21.9. The Labute approximate surface area is 310 Å². The number of aromatic amines is 1. The number of nitrogens with one attached hydrogen (secondary N) is 3. The van der Waals surface area contributed by atoms with Crippen LogP contribution in [-0.2, 0) is 14.4 Å². The number of para-hydroxylation sites is 1. The largest absolute Gasteiger partial charge is 0.497 e. The van der Waals surface area contributed by atoms with Crippen LogP contribution in [0.2, 0.25) is 0 Å². The van der Waals surface area contributed by atoms with Gasteiger partial charge in [0, 0.05) is 28.7 Å². The van der Waals surface area contributed by atoms with Gasteiger partial charge >= 0.3 is 4.87 Å². The van der Waals surface area contributed by atoms with Gasteiger partial charge in [-0.05, 0) is 80.5 Å². The van der Waals surface area contributed by atoms with E-state index in [1.54, 1.807) is 12.0 Å². The van der Waals surface area contributed by atoms with Crippen LogP contribution in [0.3, 0.4) is 0 Å². The molecule has 2 heterocycles. The first kappa shape index (κ1) is 39.2. The Kier molecular flexibility index (Phi) is 15.6. The van der Waals surface area contributed by atoms with Gasteiger partial charge in [-0.1, -0.05) is 83.4 Å². The van der Waals surface area contributed by atoms with E-state index in [0.717, 1.165) is 45.4 Å². The fraction of sp³-hybridized carbons (Fsp3) is 0.368. The third-order valence-corrected chi connectivity index (χ3v) is 9.68. The fourth-order valence-corrected chi connectivity index (χ4v) is 6.77. The SMILES string of the molecule is CCCCC/C=C\C1CC1C(=O)NOc1ccccc1.COc1cccc(NCC(=O)N2CCCC2C(N)=O)c1.O=c1[nH]c2ccc(Br)cc2s1. The number of primary amides is 1. The Morgan fingerprint density at radius 1 is 1.06 bits per heavy atom. The third kappa shape index (κ3) is 12.9. The number of thiazole rings is 1. The van der Waals surface area contributed by atoms with Gasteiger partial charge in [0.05, 0.1) is 23.9 Å². The number of hydrogen-bond acceptors (Lipinski definition) is 8. The number of fused-ring (bicyclic) bond motifs is 1. The van der Waals surface area contributed by atoms with Gasteiger partial charge in [0.25, 0.3) is 5.91 Å². The van der Waals surface area contributed by atoms with Crippen LogP contribution in [0.5, 0.6) is 11.5 Å². The predicted molar refractivity (Wildman–Crippen MR) is 206 cm³/mol. The van der Waals surface area contributed by atoms with E-state index < -0.39 is 11.9 Å². The predicted octanol–water partition coefficient (Wildman–Crippen LogP) is 6.80. The number of hydrogen-bond donors (Lipinski definition) is 4. The molecule has 4 aromatic rings. The van der Waals surface area contributed by atoms with Crippen LogP contribution in [0.1, 0.15) is 51.9 Å². The molecule has 51 heavy (non-hydrogen) atoms. The number of H-pyrrole nitrogens is 1. The van der Waals surface area contributed by atoms with Crippen molar-refractivity contribution in [1.29, 1.82) is 0 Å². The van der Waals surface area contributed by atoms with E-state index in [0.29, 0.717) is 24.6 Å². The van der Waals surface area contributed by atoms with Gasteiger partial charge in [-0.25, -0.2) is 0 Å². The number of aromatic nitrogens is 1. The molecule has 3 atom stereocenters. The maximum Gasteiger partial charge on any atom is 0.305 e. The van der Waals surface area contributed by atoms with E-state index in [4.69, 9.17) is 15.3 Å². The molecule has 3 aromatic carbocycles. The Bertz CT molecular complexity index is 1810. The number of nitrogens with zero attached hydrogens (tertiary/aromatic N) is 1. The zero-order valence-electron chi connectivity index (χ0n) is 28.9. The molecule has 0 radical (unpaired) electrons. The van der Waals surface area contributed by atoms with Gasteiger partial charge < -0.3 is 30.5 Å². The molecule has 11 nitrogen and oxygen atoms in total. The standard InChI is InChI=1S/C17H23NO2.C14H19N3O3.C7H4BrNOS/c1-2-3-4-5-7-10-14-13-16(14)17(19)18-20-15-11-8-6-9-12-15;1-20-11-5-2-4-10(8-11)16-9-13(18)17-7-3-6-12(17)14(15)19;8-4-1-2-5-6(3-4)11-7(10)9-5/h6-12,14,16H,2-5,13H2,1H3,(H,18,19);2,4-5,8,12,16H,3,6-7,9H2,1H3,(H2,15,19);1-3H,(H,9,10)/b10-7-;;. The second-order valence-corrected chi connectivity index (χ2v) is 14.1. The summed E-state index contributed by atoms with van der Waals surface area (Å²) >= 11 is 4.56. The number of likely N-dealkylation sites (tertiary alicyclic amines) is 1. The van der Waals surface area contributed by atoms with Gasteiger partial charge in [-0.15, -0.1) is 0 Å². The lowest BCUT2D eigenvalue weighted by Gasteiger charge is -2.22. The van der Waals surface area contributed by atoms with Crippen LogP contribution in [0.15, 0.2) is 94.2 Å². The summed E-state index contributed by atoms with van der Waals surface area (Å²) in [5.74, 6) is 1.30. The summed E-state index contributed by atoms with van der Waals surface area (Å²) in [4.78, 5) is 55.6. The topological polar surface area (TPSA) is 156 Å². The van der Waals surface area contributed by atoms with Crippen molar-refractivity contribution < 1.29 is 24.0 Å². The number of benzene rings is 3. The summed E-state index contributed by atoms with van der Waals surface area (Å²) < 4.78 is 7.10. The molecule has 3 amide bonds. The number of methoxy groups -OCH3 is 1. The Morgan fingerprint density at radius 3 is 2.59 bits per heavy atom. The second-order valence-electron chi connectivity index (χ2n) is 12.2. The van der Waals surface area contributed by atoms with Crippen LogP contribution >= 0.6 is 27.3 Å². The maximum absolute atomic E-state index is 12.1. The summed E-state index contributed by atoms with van der Waals surface area (Å²) in [6.45, 7) is 2.93. The van der Waals surface area contributed by atoms with Crippen molar-refractivity contribution in [3.8, 4) is 11.5 Å². The second kappa shape index (κ2) is 20.3. The molecule has 13 heteroatoms. The summed E-state index contributed by atoms with van der Waals surface area (Å²) in [5.41, 5.74) is 9.53. The lowest BCUT2D eigenvalue weighted by Crippen LogP contribution is -2.45. The van der Waals surface area contributed by atoms with Crippen molar-refractivity contribution in [1.82, 2.24) is 15.4 Å². The number of unbranched alkanes of at least 4 members (excludes halogenated alkanes) is 3. The molecule has 1 saturated heterocycles. The third-order valence-electron chi connectivity index (χ3n) is 8.34. The molecule has 5 N–H and O–H groups in total. The van der Waals surface area contributed by atoms with Gasteiger partial charge in [-0.2, -0.15) is 5.48 Å². The number of allylic oxidation sites excluding steroid dienone is 2. The van der Waals surface area contributed by atoms with Crippen molar-refractivity contribution in [3.05, 3.63) is 99.1 Å². The molecular formula is C38H46BrN5O6S. The average molecular weight is 781 g/mol. The van der Waals surface area contributed by atoms with Crippen LogP contribution in [0, 0.1) is 11.8 Å². The molecular weight excluding hydrogens is 734 g/mol. The van der Waals surface area contributed by atoms with E-state index in [2.05, 4.69) is 50.8 Å². The molecule has 272 valence electrons. The Morgan fingerprint density at radius 2 is 1.84 bits per heavy atom. The van der Waals surface area contributed by atoms with Crippen molar-refractivity contribution in [2.45, 2.75) is 57.9 Å². The highest BCUT2D eigenvalue weighted by Gasteiger charge is 2.41. The van der Waals surface area contributed by atoms with Gasteiger partial charge in [0.2, 0.25) is 11.8 Å². The van der Waals surface area contributed by atoms with Crippen LogP contribution in [-0.4, -0.2) is 53.8 Å². The summed E-state index contributed by atoms with van der Waals surface area (Å²) in [7, 11) is 1.59. The fourth-order valence-electron chi connectivity index (χ4n) is 5.48. The number of carbonyl (C=O) groups excluding carboxylic acids is 3. The average Bonchev–Trinajstić information content (AvgIpc) is 3.55. The monoisotopic (exact) mass is 779 g/mol. The van der Waals surface area contributed by atoms with Gasteiger partial charge in [0.15, 0.2) is 5.75 Å². The lowest BCUT2D eigenvalue weighted by atomic mass is 10.2. The minimum atomic E-state index is -0.463. The van der Waals surface area contributed by atoms with E-state index in [9.17, 15) is 19.2 Å². The lowest BCUT2D eigenvalue weighted by molar-refractivity contribution is -0.135. The molecule has 1 aliphatic heterocycles. The maximum atomic E-state index is 12.1. The van der Waals surface area contributed by atoms with Gasteiger partial charge in [0.1, 0.15) is 11.8 Å². The Hall–Kier alpha value is -4.62. The summed E-state index contributed by atoms with van der Waals surface area (Å²) in [5, 5.41) is 3.03. The molecule has 0 spiro atoms. The molecule has 0 bridgehead atoms. The smallest absolute Gasteiger partial charge is 0.305 e. The van der Waals surface area contributed by atoms with Crippen molar-refractivity contribution >= 4 is 60.9 Å². The normalized spacial score (nSPS) is 17.5. The first-order chi connectivity index (χ1) is 24.7. The first-order valence-electron chi connectivity index (χ1n) is 17.1. The molecule has 2 aliphatic rings. The minimum Gasteiger partial charge on any atom is -0.497 e. The number of carbonyl (C=O) groups is 3. The van der Waals surface area contributed by atoms with Crippen LogP contribution in [0.25, 0.3) is 10.2 Å². The number of hydroxylamine groups is 1. The highest BCUT2D eigenvalue weighted by molar-refractivity contribution is 9.10. The van der Waals surface area contributed by atoms with E-state index in [1.165, 1.54) is 30.6 Å². The van der Waals surface area contributed by atoms with E-state index in [-0.39, 0.29) is 29.1 Å². The van der Waals surface area contributed by atoms with E-state index >= 15 is 0 Å². The zero-order valence-corrected chi connectivity index (χ0v) is 31.3. The minimum absolute atomic E-state index is 0.00176. The molecule has 6 rings (SSSR count). The number of amides is 3. The van der Waals surface area contributed by atoms with Crippen LogP contribution in [0.4, 0.5) is 5.69 Å². The molecule has 3 unspecified atom stereocenters. The van der Waals surface area contributed by atoms with Crippen molar-refractivity contribution in [3.63, 3.8) is 0 Å². The summed E-state index contributed by atoms with van der Waals surface area (Å²) in [6.07, 6.45) is 11.7. The quantitative estimate of drug-likeness (QED) is 0.0661. The number of nitrogens with two attached hydrogens (primary N) is 1. The van der Waals surface area contributed by atoms with Crippen molar-refractivity contribution in [2.24, 2.45) is 17.6 Å². The molecule has 1 aliphatic carbocycles. The number of rotatable bonds is 13. The molecule has 1 saturated carbocycles.